The Morgan fingerprint density at radius 1 is 1.16 bits per heavy atom. The van der Waals surface area contributed by atoms with Gasteiger partial charge in [0, 0.05) is 55.7 Å². The zero-order valence-corrected chi connectivity index (χ0v) is 17.4. The zero-order valence-electron chi connectivity index (χ0n) is 17.4. The first-order valence-electron chi connectivity index (χ1n) is 11.0. The van der Waals surface area contributed by atoms with Crippen LogP contribution < -0.4 is 15.1 Å². The molecule has 7 nitrogen and oxygen atoms in total. The van der Waals surface area contributed by atoms with Crippen LogP contribution in [-0.2, 0) is 27.3 Å². The SMILES string of the molecule is O=C(NCc1cccnc1)C1CC(=O)N(c2ccc3c(c2)CCN3C(=O)C2CCC2)C1. The zero-order chi connectivity index (χ0) is 21.4. The minimum atomic E-state index is -0.367. The lowest BCUT2D eigenvalue weighted by Crippen LogP contribution is -2.37. The number of carbonyl (C=O) groups excluding carboxylic acids is 3. The van der Waals surface area contributed by atoms with E-state index in [1.165, 1.54) is 0 Å². The van der Waals surface area contributed by atoms with E-state index >= 15 is 0 Å². The second-order valence-corrected chi connectivity index (χ2v) is 8.67. The highest BCUT2D eigenvalue weighted by Gasteiger charge is 2.37. The molecule has 1 aromatic heterocycles. The summed E-state index contributed by atoms with van der Waals surface area (Å²) in [6.07, 6.45) is 7.56. The summed E-state index contributed by atoms with van der Waals surface area (Å²) < 4.78 is 0. The van der Waals surface area contributed by atoms with E-state index in [0.29, 0.717) is 19.6 Å². The van der Waals surface area contributed by atoms with Crippen molar-refractivity contribution in [2.45, 2.75) is 38.6 Å². The van der Waals surface area contributed by atoms with E-state index in [-0.39, 0.29) is 36.0 Å². The summed E-state index contributed by atoms with van der Waals surface area (Å²) in [7, 11) is 0. The van der Waals surface area contributed by atoms with Crippen LogP contribution in [0.2, 0.25) is 0 Å². The van der Waals surface area contributed by atoms with Crippen LogP contribution in [0.3, 0.4) is 0 Å². The van der Waals surface area contributed by atoms with Crippen LogP contribution in [0.15, 0.2) is 42.7 Å². The summed E-state index contributed by atoms with van der Waals surface area (Å²) in [6.45, 7) is 1.49. The first kappa shape index (κ1) is 19.7. The van der Waals surface area contributed by atoms with Crippen molar-refractivity contribution in [3.63, 3.8) is 0 Å². The Hall–Kier alpha value is -3.22. The molecule has 1 atom stereocenters. The first-order valence-corrected chi connectivity index (χ1v) is 11.0. The molecule has 7 heteroatoms. The van der Waals surface area contributed by atoms with Crippen LogP contribution in [0, 0.1) is 11.8 Å². The van der Waals surface area contributed by atoms with Crippen LogP contribution in [0.4, 0.5) is 11.4 Å². The number of pyridine rings is 1. The maximum Gasteiger partial charge on any atom is 0.230 e. The van der Waals surface area contributed by atoms with Gasteiger partial charge in [-0.1, -0.05) is 12.5 Å². The number of nitrogens with one attached hydrogen (secondary N) is 1. The van der Waals surface area contributed by atoms with Crippen molar-refractivity contribution >= 4 is 29.1 Å². The van der Waals surface area contributed by atoms with Gasteiger partial charge in [0.1, 0.15) is 0 Å². The number of rotatable bonds is 5. The quantitative estimate of drug-likeness (QED) is 0.809. The Balaban J connectivity index is 1.24. The van der Waals surface area contributed by atoms with Crippen molar-refractivity contribution in [2.24, 2.45) is 11.8 Å². The molecular formula is C24H26N4O3. The van der Waals surface area contributed by atoms with Gasteiger partial charge in [0.15, 0.2) is 0 Å². The minimum Gasteiger partial charge on any atom is -0.352 e. The number of amides is 3. The van der Waals surface area contributed by atoms with E-state index in [4.69, 9.17) is 0 Å². The molecule has 1 saturated carbocycles. The van der Waals surface area contributed by atoms with Gasteiger partial charge in [-0.05, 0) is 54.7 Å². The molecule has 2 aromatic rings. The van der Waals surface area contributed by atoms with Gasteiger partial charge in [0.25, 0.3) is 0 Å². The normalized spacial score (nSPS) is 20.5. The van der Waals surface area contributed by atoms with Gasteiger partial charge in [-0.25, -0.2) is 0 Å². The molecule has 3 amide bonds. The highest BCUT2D eigenvalue weighted by Crippen LogP contribution is 2.37. The van der Waals surface area contributed by atoms with Crippen LogP contribution in [0.1, 0.15) is 36.8 Å². The lowest BCUT2D eigenvalue weighted by molar-refractivity contribution is -0.126. The second-order valence-electron chi connectivity index (χ2n) is 8.67. The van der Waals surface area contributed by atoms with Gasteiger partial charge in [-0.2, -0.15) is 0 Å². The topological polar surface area (TPSA) is 82.6 Å². The molecule has 0 bridgehead atoms. The van der Waals surface area contributed by atoms with E-state index in [9.17, 15) is 14.4 Å². The van der Waals surface area contributed by atoms with Gasteiger partial charge in [-0.15, -0.1) is 0 Å². The summed E-state index contributed by atoms with van der Waals surface area (Å²) in [4.78, 5) is 45.6. The lowest BCUT2D eigenvalue weighted by atomic mass is 9.84. The smallest absolute Gasteiger partial charge is 0.230 e. The van der Waals surface area contributed by atoms with E-state index in [1.54, 1.807) is 17.3 Å². The first-order chi connectivity index (χ1) is 15.1. The summed E-state index contributed by atoms with van der Waals surface area (Å²) in [6, 6.07) is 9.60. The van der Waals surface area contributed by atoms with Crippen molar-refractivity contribution in [1.82, 2.24) is 10.3 Å². The molecule has 0 radical (unpaired) electrons. The molecule has 2 fully saturated rings. The summed E-state index contributed by atoms with van der Waals surface area (Å²) >= 11 is 0. The van der Waals surface area contributed by atoms with Crippen molar-refractivity contribution in [3.8, 4) is 0 Å². The van der Waals surface area contributed by atoms with Crippen LogP contribution in [0.5, 0.6) is 0 Å². The molecule has 2 aliphatic heterocycles. The van der Waals surface area contributed by atoms with E-state index in [0.717, 1.165) is 48.2 Å². The van der Waals surface area contributed by atoms with Crippen molar-refractivity contribution in [1.29, 1.82) is 0 Å². The fraction of sp³-hybridized carbons (Fsp3) is 0.417. The average Bonchev–Trinajstić information content (AvgIpc) is 3.34. The average molecular weight is 418 g/mol. The fourth-order valence-electron chi connectivity index (χ4n) is 4.63. The fourth-order valence-corrected chi connectivity index (χ4v) is 4.63. The number of fused-ring (bicyclic) bond motifs is 1. The summed E-state index contributed by atoms with van der Waals surface area (Å²) in [5, 5.41) is 2.91. The number of carbonyl (C=O) groups is 3. The molecule has 1 aromatic carbocycles. The number of nitrogens with zero attached hydrogens (tertiary/aromatic N) is 3. The number of benzene rings is 1. The summed E-state index contributed by atoms with van der Waals surface area (Å²) in [5.41, 5.74) is 3.81. The largest absolute Gasteiger partial charge is 0.352 e. The molecule has 3 aliphatic rings. The standard InChI is InChI=1S/C24H26N4O3/c29-22-12-19(23(30)26-14-16-3-2-9-25-13-16)15-28(22)20-6-7-21-18(11-20)8-10-27(21)24(31)17-4-1-5-17/h2-3,6-7,9,11,13,17,19H,1,4-5,8,10,12,14-15H2,(H,26,30). The lowest BCUT2D eigenvalue weighted by Gasteiger charge is -2.29. The maximum atomic E-state index is 12.7. The van der Waals surface area contributed by atoms with Crippen molar-refractivity contribution in [3.05, 3.63) is 53.9 Å². The van der Waals surface area contributed by atoms with Crippen molar-refractivity contribution in [2.75, 3.05) is 22.9 Å². The molecule has 1 saturated heterocycles. The highest BCUT2D eigenvalue weighted by atomic mass is 16.2. The van der Waals surface area contributed by atoms with Gasteiger partial charge >= 0.3 is 0 Å². The molecule has 160 valence electrons. The molecule has 1 aliphatic carbocycles. The van der Waals surface area contributed by atoms with Gasteiger partial charge in [0.2, 0.25) is 17.7 Å². The van der Waals surface area contributed by atoms with Crippen molar-refractivity contribution < 1.29 is 14.4 Å². The Morgan fingerprint density at radius 3 is 2.77 bits per heavy atom. The Labute approximate surface area is 181 Å². The molecule has 1 unspecified atom stereocenters. The number of hydrogen-bond donors (Lipinski definition) is 1. The predicted octanol–water partition coefficient (Wildman–Crippen LogP) is 2.44. The third-order valence-electron chi connectivity index (χ3n) is 6.68. The molecule has 31 heavy (non-hydrogen) atoms. The third-order valence-corrected chi connectivity index (χ3v) is 6.68. The number of anilines is 2. The summed E-state index contributed by atoms with van der Waals surface area (Å²) in [5.74, 6) is -0.105. The third kappa shape index (κ3) is 3.80. The minimum absolute atomic E-state index is 0.0399. The van der Waals surface area contributed by atoms with Gasteiger partial charge in [0.05, 0.1) is 5.92 Å². The van der Waals surface area contributed by atoms with E-state index in [2.05, 4.69) is 10.3 Å². The van der Waals surface area contributed by atoms with Crippen LogP contribution >= 0.6 is 0 Å². The van der Waals surface area contributed by atoms with Gasteiger partial charge < -0.3 is 15.1 Å². The van der Waals surface area contributed by atoms with Gasteiger partial charge in [-0.3, -0.25) is 19.4 Å². The van der Waals surface area contributed by atoms with Crippen LogP contribution in [0.25, 0.3) is 0 Å². The Morgan fingerprint density at radius 2 is 2.03 bits per heavy atom. The molecule has 5 rings (SSSR count). The molecular weight excluding hydrogens is 392 g/mol. The maximum absolute atomic E-state index is 12.7. The van der Waals surface area contributed by atoms with E-state index < -0.39 is 0 Å². The molecule has 3 heterocycles. The van der Waals surface area contributed by atoms with E-state index in [1.807, 2.05) is 35.2 Å². The Bertz CT molecular complexity index is 1020. The highest BCUT2D eigenvalue weighted by molar-refractivity contribution is 6.01. The predicted molar refractivity (Wildman–Crippen MR) is 116 cm³/mol. The Kier molecular flexibility index (Phi) is 5.18. The van der Waals surface area contributed by atoms with Crippen LogP contribution in [-0.4, -0.2) is 35.8 Å². The number of aromatic nitrogens is 1. The second kappa shape index (κ2) is 8.13. The monoisotopic (exact) mass is 418 g/mol. The molecule has 0 spiro atoms. The molecule has 1 N–H and O–H groups in total. The number of hydrogen-bond acceptors (Lipinski definition) is 4.